The summed E-state index contributed by atoms with van der Waals surface area (Å²) in [6.45, 7) is 0. The van der Waals surface area contributed by atoms with E-state index in [-0.39, 0.29) is 5.56 Å². The predicted octanol–water partition coefficient (Wildman–Crippen LogP) is 3.93. The first-order valence-corrected chi connectivity index (χ1v) is 5.88. The lowest BCUT2D eigenvalue weighted by molar-refractivity contribution is -0.137. The van der Waals surface area contributed by atoms with Gasteiger partial charge >= 0.3 is 6.18 Å². The Morgan fingerprint density at radius 2 is 1.89 bits per heavy atom. The molecular weight excluding hydrogens is 241 g/mol. The maximum Gasteiger partial charge on any atom is 0.417 e. The van der Waals surface area contributed by atoms with Gasteiger partial charge in [0.1, 0.15) is 0 Å². The lowest BCUT2D eigenvalue weighted by atomic mass is 10.1. The molecule has 96 valence electrons. The zero-order chi connectivity index (χ0) is 13.2. The van der Waals surface area contributed by atoms with Crippen molar-refractivity contribution in [2.45, 2.75) is 37.9 Å². The highest BCUT2D eigenvalue weighted by Crippen LogP contribution is 2.33. The Balaban J connectivity index is 2.22. The standard InChI is InChI=1S/C13H13F3N2/c14-13(15,16)12-6-5-11(7-9(12)8-17)18-10-3-1-2-4-10/h5-7,10,18H,1-4H2. The van der Waals surface area contributed by atoms with Crippen molar-refractivity contribution in [2.75, 3.05) is 5.32 Å². The molecule has 0 amide bonds. The van der Waals surface area contributed by atoms with E-state index in [4.69, 9.17) is 5.26 Å². The molecule has 1 fully saturated rings. The van der Waals surface area contributed by atoms with Crippen molar-refractivity contribution in [2.24, 2.45) is 0 Å². The molecule has 5 heteroatoms. The number of nitrogens with zero attached hydrogens (tertiary/aromatic N) is 1. The van der Waals surface area contributed by atoms with Gasteiger partial charge in [0.05, 0.1) is 17.2 Å². The molecular formula is C13H13F3N2. The molecule has 0 saturated heterocycles. The summed E-state index contributed by atoms with van der Waals surface area (Å²) in [5.74, 6) is 0. The van der Waals surface area contributed by atoms with Crippen LogP contribution in [-0.2, 0) is 6.18 Å². The van der Waals surface area contributed by atoms with Crippen LogP contribution in [0.2, 0.25) is 0 Å². The van der Waals surface area contributed by atoms with E-state index >= 15 is 0 Å². The Morgan fingerprint density at radius 1 is 1.22 bits per heavy atom. The van der Waals surface area contributed by atoms with Crippen molar-refractivity contribution < 1.29 is 13.2 Å². The zero-order valence-corrected chi connectivity index (χ0v) is 9.72. The van der Waals surface area contributed by atoms with Gasteiger partial charge in [0.25, 0.3) is 0 Å². The minimum atomic E-state index is -4.48. The van der Waals surface area contributed by atoms with Gasteiger partial charge in [-0.3, -0.25) is 0 Å². The van der Waals surface area contributed by atoms with E-state index in [1.807, 2.05) is 0 Å². The van der Waals surface area contributed by atoms with Crippen molar-refractivity contribution in [1.82, 2.24) is 0 Å². The molecule has 1 aliphatic rings. The predicted molar refractivity (Wildman–Crippen MR) is 62.0 cm³/mol. The van der Waals surface area contributed by atoms with Crippen molar-refractivity contribution in [3.8, 4) is 6.07 Å². The Morgan fingerprint density at radius 3 is 2.44 bits per heavy atom. The van der Waals surface area contributed by atoms with E-state index in [0.717, 1.165) is 31.7 Å². The number of rotatable bonds is 2. The second-order valence-electron chi connectivity index (χ2n) is 4.50. The van der Waals surface area contributed by atoms with E-state index < -0.39 is 11.7 Å². The summed E-state index contributed by atoms with van der Waals surface area (Å²) in [4.78, 5) is 0. The van der Waals surface area contributed by atoms with Crippen LogP contribution >= 0.6 is 0 Å². The van der Waals surface area contributed by atoms with Gasteiger partial charge in [0, 0.05) is 11.7 Å². The number of hydrogen-bond donors (Lipinski definition) is 1. The lowest BCUT2D eigenvalue weighted by Gasteiger charge is -2.15. The second-order valence-corrected chi connectivity index (χ2v) is 4.50. The average Bonchev–Trinajstić information content (AvgIpc) is 2.80. The molecule has 1 aliphatic carbocycles. The van der Waals surface area contributed by atoms with Gasteiger partial charge in [-0.2, -0.15) is 18.4 Å². The summed E-state index contributed by atoms with van der Waals surface area (Å²) >= 11 is 0. The smallest absolute Gasteiger partial charge is 0.382 e. The molecule has 2 rings (SSSR count). The summed E-state index contributed by atoms with van der Waals surface area (Å²) in [5, 5.41) is 12.0. The van der Waals surface area contributed by atoms with Crippen LogP contribution < -0.4 is 5.32 Å². The summed E-state index contributed by atoms with van der Waals surface area (Å²) in [7, 11) is 0. The molecule has 0 spiro atoms. The van der Waals surface area contributed by atoms with E-state index in [2.05, 4.69) is 5.32 Å². The number of nitriles is 1. The normalized spacial score (nSPS) is 16.6. The number of benzene rings is 1. The Bertz CT molecular complexity index is 468. The molecule has 0 aromatic heterocycles. The number of halogens is 3. The fourth-order valence-electron chi connectivity index (χ4n) is 2.28. The summed E-state index contributed by atoms with van der Waals surface area (Å²) in [6, 6.07) is 5.56. The van der Waals surface area contributed by atoms with E-state index in [9.17, 15) is 13.2 Å². The van der Waals surface area contributed by atoms with Gasteiger partial charge < -0.3 is 5.32 Å². The van der Waals surface area contributed by atoms with Crippen LogP contribution in [0.25, 0.3) is 0 Å². The third-order valence-corrected chi connectivity index (χ3v) is 3.17. The quantitative estimate of drug-likeness (QED) is 0.867. The van der Waals surface area contributed by atoms with Crippen molar-refractivity contribution in [3.05, 3.63) is 29.3 Å². The maximum absolute atomic E-state index is 12.6. The Labute approximate surface area is 103 Å². The van der Waals surface area contributed by atoms with Crippen LogP contribution in [0, 0.1) is 11.3 Å². The third kappa shape index (κ3) is 2.76. The van der Waals surface area contributed by atoms with Crippen molar-refractivity contribution >= 4 is 5.69 Å². The number of anilines is 1. The highest BCUT2D eigenvalue weighted by Gasteiger charge is 2.33. The fourth-order valence-corrected chi connectivity index (χ4v) is 2.28. The van der Waals surface area contributed by atoms with Crippen molar-refractivity contribution in [3.63, 3.8) is 0 Å². The van der Waals surface area contributed by atoms with Crippen LogP contribution in [0.1, 0.15) is 36.8 Å². The van der Waals surface area contributed by atoms with Gasteiger partial charge in [0.2, 0.25) is 0 Å². The molecule has 1 N–H and O–H groups in total. The molecule has 0 atom stereocenters. The van der Waals surface area contributed by atoms with Gasteiger partial charge in [-0.1, -0.05) is 12.8 Å². The second kappa shape index (κ2) is 4.89. The van der Waals surface area contributed by atoms with Crippen LogP contribution in [0.15, 0.2) is 18.2 Å². The molecule has 2 nitrogen and oxygen atoms in total. The molecule has 0 radical (unpaired) electrons. The summed E-state index contributed by atoms with van der Waals surface area (Å²) in [5.41, 5.74) is -0.612. The number of hydrogen-bond acceptors (Lipinski definition) is 2. The monoisotopic (exact) mass is 254 g/mol. The van der Waals surface area contributed by atoms with Gasteiger partial charge in [-0.25, -0.2) is 0 Å². The number of alkyl halides is 3. The first-order valence-electron chi connectivity index (χ1n) is 5.88. The molecule has 1 saturated carbocycles. The zero-order valence-electron chi connectivity index (χ0n) is 9.72. The topological polar surface area (TPSA) is 35.8 Å². The fraction of sp³-hybridized carbons (Fsp3) is 0.462. The molecule has 0 bridgehead atoms. The van der Waals surface area contributed by atoms with Crippen molar-refractivity contribution in [1.29, 1.82) is 5.26 Å². The first kappa shape index (κ1) is 12.7. The summed E-state index contributed by atoms with van der Waals surface area (Å²) in [6.07, 6.45) is -0.129. The number of nitrogens with one attached hydrogen (secondary N) is 1. The van der Waals surface area contributed by atoms with Gasteiger partial charge in [0.15, 0.2) is 0 Å². The Hall–Kier alpha value is -1.70. The Kier molecular flexibility index (Phi) is 3.46. The molecule has 0 unspecified atom stereocenters. The molecule has 18 heavy (non-hydrogen) atoms. The third-order valence-electron chi connectivity index (χ3n) is 3.17. The average molecular weight is 254 g/mol. The first-order chi connectivity index (χ1) is 8.50. The highest BCUT2D eigenvalue weighted by atomic mass is 19.4. The maximum atomic E-state index is 12.6. The largest absolute Gasteiger partial charge is 0.417 e. The lowest BCUT2D eigenvalue weighted by Crippen LogP contribution is -2.15. The molecule has 0 heterocycles. The van der Waals surface area contributed by atoms with E-state index in [1.165, 1.54) is 12.1 Å². The molecule has 0 aliphatic heterocycles. The van der Waals surface area contributed by atoms with Crippen LogP contribution in [0.4, 0.5) is 18.9 Å². The van der Waals surface area contributed by atoms with Crippen LogP contribution in [0.5, 0.6) is 0 Å². The van der Waals surface area contributed by atoms with Crippen LogP contribution in [-0.4, -0.2) is 6.04 Å². The molecule has 1 aromatic rings. The SMILES string of the molecule is N#Cc1cc(NC2CCCC2)ccc1C(F)(F)F. The minimum absolute atomic E-state index is 0.313. The minimum Gasteiger partial charge on any atom is -0.382 e. The van der Waals surface area contributed by atoms with Gasteiger partial charge in [-0.15, -0.1) is 0 Å². The van der Waals surface area contributed by atoms with Crippen LogP contribution in [0.3, 0.4) is 0 Å². The van der Waals surface area contributed by atoms with E-state index in [1.54, 1.807) is 6.07 Å². The van der Waals surface area contributed by atoms with Gasteiger partial charge in [-0.05, 0) is 31.0 Å². The highest BCUT2D eigenvalue weighted by molar-refractivity contribution is 5.54. The summed E-state index contributed by atoms with van der Waals surface area (Å²) < 4.78 is 37.8. The van der Waals surface area contributed by atoms with E-state index in [0.29, 0.717) is 11.7 Å². The molecule has 1 aromatic carbocycles.